The molecule has 0 fully saturated rings. The Balaban J connectivity index is 2.94. The molecule has 0 aliphatic heterocycles. The third kappa shape index (κ3) is 1.04. The lowest BCUT2D eigenvalue weighted by Crippen LogP contribution is -1.92. The van der Waals surface area contributed by atoms with E-state index in [0.29, 0.717) is 11.8 Å². The fourth-order valence-electron chi connectivity index (χ4n) is 0.697. The number of hydrogen-bond donors (Lipinski definition) is 1. The quantitative estimate of drug-likeness (QED) is 0.618. The first kappa shape index (κ1) is 6.13. The van der Waals surface area contributed by atoms with Crippen LogP contribution in [0.2, 0.25) is 0 Å². The lowest BCUT2D eigenvalue weighted by molar-refractivity contribution is 0.575. The van der Waals surface area contributed by atoms with E-state index in [-0.39, 0.29) is 0 Å². The maximum atomic E-state index is 5.41. The predicted molar refractivity (Wildman–Crippen MR) is 35.0 cm³/mol. The fourth-order valence-corrected chi connectivity index (χ4v) is 0.697. The first-order chi connectivity index (χ1) is 4.22. The summed E-state index contributed by atoms with van der Waals surface area (Å²) in [5.41, 5.74) is 6.25. The number of nitrogen functional groups attached to an aromatic ring is 1. The number of anilines is 1. The maximum absolute atomic E-state index is 5.41. The van der Waals surface area contributed by atoms with Gasteiger partial charge in [0.2, 0.25) is 5.88 Å². The van der Waals surface area contributed by atoms with Gasteiger partial charge in [0.05, 0.1) is 0 Å². The van der Waals surface area contributed by atoms with Crippen molar-refractivity contribution < 1.29 is 4.42 Å². The van der Waals surface area contributed by atoms with E-state index in [1.807, 2.05) is 13.8 Å². The summed E-state index contributed by atoms with van der Waals surface area (Å²) in [5.74, 6) is 0.786. The van der Waals surface area contributed by atoms with Crippen molar-refractivity contribution in [1.82, 2.24) is 4.98 Å². The summed E-state index contributed by atoms with van der Waals surface area (Å²) in [6, 6.07) is 0. The summed E-state index contributed by atoms with van der Waals surface area (Å²) in [4.78, 5) is 3.92. The molecule has 0 aliphatic rings. The molecule has 0 aromatic carbocycles. The van der Waals surface area contributed by atoms with Gasteiger partial charge in [-0.3, -0.25) is 0 Å². The zero-order valence-corrected chi connectivity index (χ0v) is 5.59. The Morgan fingerprint density at radius 1 is 1.67 bits per heavy atom. The van der Waals surface area contributed by atoms with Crippen molar-refractivity contribution in [1.29, 1.82) is 0 Å². The van der Waals surface area contributed by atoms with Crippen molar-refractivity contribution in [3.8, 4) is 0 Å². The van der Waals surface area contributed by atoms with Crippen LogP contribution in [0.25, 0.3) is 0 Å². The summed E-state index contributed by atoms with van der Waals surface area (Å²) in [6.07, 6.45) is 1.37. The van der Waals surface area contributed by atoms with E-state index < -0.39 is 0 Å². The van der Waals surface area contributed by atoms with E-state index in [2.05, 4.69) is 4.98 Å². The van der Waals surface area contributed by atoms with Crippen LogP contribution in [0.4, 0.5) is 5.88 Å². The van der Waals surface area contributed by atoms with Gasteiger partial charge in [-0.1, -0.05) is 13.8 Å². The Kier molecular flexibility index (Phi) is 1.42. The molecule has 3 heteroatoms. The second-order valence-corrected chi connectivity index (χ2v) is 2.26. The van der Waals surface area contributed by atoms with Crippen molar-refractivity contribution >= 4 is 5.88 Å². The number of rotatable bonds is 1. The summed E-state index contributed by atoms with van der Waals surface area (Å²) in [7, 11) is 0. The standard InChI is InChI=1S/C6H10N2O/c1-4(2)5-6(7)9-3-8-5/h3-4H,7H2,1-2H3. The molecule has 50 valence electrons. The molecule has 9 heavy (non-hydrogen) atoms. The Labute approximate surface area is 53.9 Å². The van der Waals surface area contributed by atoms with Gasteiger partial charge in [0.1, 0.15) is 5.69 Å². The molecule has 3 nitrogen and oxygen atoms in total. The lowest BCUT2D eigenvalue weighted by Gasteiger charge is -1.96. The second kappa shape index (κ2) is 2.09. The van der Waals surface area contributed by atoms with Crippen LogP contribution < -0.4 is 5.73 Å². The summed E-state index contributed by atoms with van der Waals surface area (Å²) in [5, 5.41) is 0. The SMILES string of the molecule is CC(C)c1ncoc1N. The molecule has 0 unspecified atom stereocenters. The molecule has 1 heterocycles. The van der Waals surface area contributed by atoms with Crippen molar-refractivity contribution in [2.24, 2.45) is 0 Å². The molecule has 1 aromatic rings. The van der Waals surface area contributed by atoms with Gasteiger partial charge in [-0.2, -0.15) is 0 Å². The van der Waals surface area contributed by atoms with E-state index in [9.17, 15) is 0 Å². The van der Waals surface area contributed by atoms with E-state index in [1.165, 1.54) is 6.39 Å². The van der Waals surface area contributed by atoms with Crippen LogP contribution in [-0.2, 0) is 0 Å². The zero-order chi connectivity index (χ0) is 6.85. The third-order valence-electron chi connectivity index (χ3n) is 1.17. The van der Waals surface area contributed by atoms with Crippen LogP contribution in [0.1, 0.15) is 25.5 Å². The largest absolute Gasteiger partial charge is 0.428 e. The zero-order valence-electron chi connectivity index (χ0n) is 5.59. The average Bonchev–Trinajstić information content (AvgIpc) is 2.13. The highest BCUT2D eigenvalue weighted by Gasteiger charge is 2.06. The number of oxazole rings is 1. The minimum atomic E-state index is 0.351. The van der Waals surface area contributed by atoms with Crippen LogP contribution in [0.15, 0.2) is 10.8 Å². The van der Waals surface area contributed by atoms with Gasteiger partial charge in [-0.25, -0.2) is 4.98 Å². The van der Waals surface area contributed by atoms with Crippen LogP contribution in [0.5, 0.6) is 0 Å². The molecule has 0 atom stereocenters. The highest BCUT2D eigenvalue weighted by Crippen LogP contribution is 2.18. The van der Waals surface area contributed by atoms with Crippen molar-refractivity contribution in [2.45, 2.75) is 19.8 Å². The van der Waals surface area contributed by atoms with Gasteiger partial charge >= 0.3 is 0 Å². The van der Waals surface area contributed by atoms with Gasteiger partial charge < -0.3 is 10.2 Å². The molecule has 0 saturated heterocycles. The number of nitrogens with two attached hydrogens (primary N) is 1. The van der Waals surface area contributed by atoms with Gasteiger partial charge in [-0.15, -0.1) is 0 Å². The third-order valence-corrected chi connectivity index (χ3v) is 1.17. The summed E-state index contributed by atoms with van der Waals surface area (Å²) >= 11 is 0. The minimum Gasteiger partial charge on any atom is -0.428 e. The Morgan fingerprint density at radius 2 is 2.33 bits per heavy atom. The van der Waals surface area contributed by atoms with E-state index in [4.69, 9.17) is 10.2 Å². The fraction of sp³-hybridized carbons (Fsp3) is 0.500. The van der Waals surface area contributed by atoms with Gasteiger partial charge in [0.15, 0.2) is 6.39 Å². The van der Waals surface area contributed by atoms with E-state index in [1.54, 1.807) is 0 Å². The first-order valence-electron chi connectivity index (χ1n) is 2.90. The molecule has 0 radical (unpaired) electrons. The Hall–Kier alpha value is -0.990. The summed E-state index contributed by atoms with van der Waals surface area (Å²) in [6.45, 7) is 4.04. The molecule has 0 amide bonds. The molecular formula is C6H10N2O. The Morgan fingerprint density at radius 3 is 2.56 bits per heavy atom. The van der Waals surface area contributed by atoms with Crippen molar-refractivity contribution in [3.63, 3.8) is 0 Å². The first-order valence-corrected chi connectivity index (χ1v) is 2.90. The number of nitrogens with zero attached hydrogens (tertiary/aromatic N) is 1. The van der Waals surface area contributed by atoms with Crippen LogP contribution in [0.3, 0.4) is 0 Å². The molecule has 2 N–H and O–H groups in total. The van der Waals surface area contributed by atoms with E-state index >= 15 is 0 Å². The van der Waals surface area contributed by atoms with Gasteiger partial charge in [0.25, 0.3) is 0 Å². The molecule has 0 saturated carbocycles. The van der Waals surface area contributed by atoms with Gasteiger partial charge in [-0.05, 0) is 0 Å². The molecule has 0 aliphatic carbocycles. The molecule has 0 bridgehead atoms. The Bertz CT molecular complexity index is 193. The highest BCUT2D eigenvalue weighted by atomic mass is 16.3. The van der Waals surface area contributed by atoms with Crippen LogP contribution in [-0.4, -0.2) is 4.98 Å². The molecular weight excluding hydrogens is 116 g/mol. The lowest BCUT2D eigenvalue weighted by atomic mass is 10.1. The average molecular weight is 126 g/mol. The normalized spacial score (nSPS) is 10.6. The predicted octanol–water partition coefficient (Wildman–Crippen LogP) is 1.38. The smallest absolute Gasteiger partial charge is 0.214 e. The monoisotopic (exact) mass is 126 g/mol. The molecule has 1 rings (SSSR count). The molecule has 1 aromatic heterocycles. The maximum Gasteiger partial charge on any atom is 0.214 e. The second-order valence-electron chi connectivity index (χ2n) is 2.26. The highest BCUT2D eigenvalue weighted by molar-refractivity contribution is 5.31. The van der Waals surface area contributed by atoms with Gasteiger partial charge in [0, 0.05) is 5.92 Å². The van der Waals surface area contributed by atoms with E-state index in [0.717, 1.165) is 5.69 Å². The molecule has 0 spiro atoms. The van der Waals surface area contributed by atoms with Crippen molar-refractivity contribution in [2.75, 3.05) is 5.73 Å². The number of hydrogen-bond acceptors (Lipinski definition) is 3. The topological polar surface area (TPSA) is 52.0 Å². The van der Waals surface area contributed by atoms with Crippen molar-refractivity contribution in [3.05, 3.63) is 12.1 Å². The summed E-state index contributed by atoms with van der Waals surface area (Å²) < 4.78 is 4.79. The minimum absolute atomic E-state index is 0.351. The van der Waals surface area contributed by atoms with Crippen LogP contribution >= 0.6 is 0 Å². The number of aromatic nitrogens is 1. The van der Waals surface area contributed by atoms with Crippen LogP contribution in [0, 0.1) is 0 Å².